The summed E-state index contributed by atoms with van der Waals surface area (Å²) in [4.78, 5) is 16.5. The van der Waals surface area contributed by atoms with E-state index in [0.29, 0.717) is 23.9 Å². The maximum absolute atomic E-state index is 13.1. The monoisotopic (exact) mass is 471 g/mol. The standard InChI is InChI=1S/C22H25N5O3S2/c1-15(2)14-27-22-18(16(3)24-27)12-19(31-22)21(28)25-8-10-26(11-9-25)32(29,30)20-7-5-4-6-17(20)13-23/h4-7,12,15H,8-11,14H2,1-3H3. The molecule has 0 spiro atoms. The van der Waals surface area contributed by atoms with Gasteiger partial charge in [0, 0.05) is 38.1 Å². The minimum atomic E-state index is -3.79. The number of nitrogens with zero attached hydrogens (tertiary/aromatic N) is 5. The van der Waals surface area contributed by atoms with Crippen molar-refractivity contribution in [2.75, 3.05) is 26.2 Å². The highest BCUT2D eigenvalue weighted by molar-refractivity contribution is 7.89. The van der Waals surface area contributed by atoms with Crippen molar-refractivity contribution >= 4 is 37.5 Å². The van der Waals surface area contributed by atoms with E-state index in [1.165, 1.54) is 27.8 Å². The number of carbonyl (C=O) groups excluding carboxylic acids is 1. The van der Waals surface area contributed by atoms with Gasteiger partial charge in [-0.1, -0.05) is 26.0 Å². The number of benzene rings is 1. The Labute approximate surface area is 191 Å². The molecule has 168 valence electrons. The van der Waals surface area contributed by atoms with Crippen LogP contribution in [0, 0.1) is 24.2 Å². The van der Waals surface area contributed by atoms with Crippen LogP contribution >= 0.6 is 11.3 Å². The summed E-state index contributed by atoms with van der Waals surface area (Å²) in [7, 11) is -3.79. The number of sulfonamides is 1. The van der Waals surface area contributed by atoms with Gasteiger partial charge in [0.2, 0.25) is 10.0 Å². The molecule has 1 fully saturated rings. The number of aromatic nitrogens is 2. The molecule has 0 bridgehead atoms. The zero-order valence-electron chi connectivity index (χ0n) is 18.3. The molecule has 10 heteroatoms. The Hall–Kier alpha value is -2.74. The lowest BCUT2D eigenvalue weighted by atomic mass is 10.2. The Morgan fingerprint density at radius 1 is 1.22 bits per heavy atom. The number of fused-ring (bicyclic) bond motifs is 1. The summed E-state index contributed by atoms with van der Waals surface area (Å²) in [5.41, 5.74) is 1.03. The fourth-order valence-electron chi connectivity index (χ4n) is 3.90. The molecule has 0 saturated carbocycles. The highest BCUT2D eigenvalue weighted by Crippen LogP contribution is 2.30. The number of thiophene rings is 1. The van der Waals surface area contributed by atoms with Gasteiger partial charge in [-0.2, -0.15) is 14.7 Å². The predicted octanol–water partition coefficient (Wildman–Crippen LogP) is 3.08. The van der Waals surface area contributed by atoms with Crippen LogP contribution in [0.1, 0.15) is 34.8 Å². The van der Waals surface area contributed by atoms with Crippen LogP contribution in [0.5, 0.6) is 0 Å². The number of hydrogen-bond acceptors (Lipinski definition) is 6. The molecule has 32 heavy (non-hydrogen) atoms. The topological polar surface area (TPSA) is 99.3 Å². The molecule has 1 amide bonds. The molecule has 2 aromatic heterocycles. The third-order valence-electron chi connectivity index (χ3n) is 5.51. The van der Waals surface area contributed by atoms with Crippen molar-refractivity contribution in [1.82, 2.24) is 19.0 Å². The summed E-state index contributed by atoms with van der Waals surface area (Å²) in [5.74, 6) is 0.358. The fraction of sp³-hybridized carbons (Fsp3) is 0.409. The molecule has 0 N–H and O–H groups in total. The summed E-state index contributed by atoms with van der Waals surface area (Å²) >= 11 is 1.44. The average molecular weight is 472 g/mol. The van der Waals surface area contributed by atoms with Crippen LogP contribution in [0.3, 0.4) is 0 Å². The Bertz CT molecular complexity index is 1310. The molecular weight excluding hydrogens is 446 g/mol. The maximum Gasteiger partial charge on any atom is 0.264 e. The van der Waals surface area contributed by atoms with Crippen LogP contribution in [0.2, 0.25) is 0 Å². The number of amides is 1. The SMILES string of the molecule is Cc1nn(CC(C)C)c2sc(C(=O)N3CCN(S(=O)(=O)c4ccccc4C#N)CC3)cc12. The van der Waals surface area contributed by atoms with Crippen molar-refractivity contribution in [1.29, 1.82) is 5.26 Å². The minimum absolute atomic E-state index is 0.0111. The molecule has 3 heterocycles. The Kier molecular flexibility index (Phi) is 6.07. The van der Waals surface area contributed by atoms with Crippen LogP contribution in [-0.2, 0) is 16.6 Å². The molecular formula is C22H25N5O3S2. The molecule has 1 aliphatic heterocycles. The van der Waals surface area contributed by atoms with Crippen LogP contribution in [-0.4, -0.2) is 59.5 Å². The van der Waals surface area contributed by atoms with Crippen molar-refractivity contribution in [2.24, 2.45) is 5.92 Å². The quantitative estimate of drug-likeness (QED) is 0.569. The number of nitriles is 1. The molecule has 0 atom stereocenters. The van der Waals surface area contributed by atoms with E-state index in [0.717, 1.165) is 22.5 Å². The largest absolute Gasteiger partial charge is 0.335 e. The Morgan fingerprint density at radius 2 is 1.91 bits per heavy atom. The third kappa shape index (κ3) is 4.03. The molecule has 0 aliphatic carbocycles. The summed E-state index contributed by atoms with van der Waals surface area (Å²) < 4.78 is 29.4. The first-order valence-electron chi connectivity index (χ1n) is 10.5. The predicted molar refractivity (Wildman–Crippen MR) is 123 cm³/mol. The molecule has 1 aliphatic rings. The molecule has 8 nitrogen and oxygen atoms in total. The van der Waals surface area contributed by atoms with Crippen molar-refractivity contribution in [3.8, 4) is 6.07 Å². The number of hydrogen-bond donors (Lipinski definition) is 0. The zero-order chi connectivity index (χ0) is 23.0. The molecule has 1 aromatic carbocycles. The summed E-state index contributed by atoms with van der Waals surface area (Å²) in [6.45, 7) is 7.99. The molecule has 4 rings (SSSR count). The molecule has 3 aromatic rings. The lowest BCUT2D eigenvalue weighted by Crippen LogP contribution is -2.50. The van der Waals surface area contributed by atoms with E-state index in [9.17, 15) is 18.5 Å². The van der Waals surface area contributed by atoms with Crippen LogP contribution in [0.15, 0.2) is 35.2 Å². The number of piperazine rings is 1. The highest BCUT2D eigenvalue weighted by Gasteiger charge is 2.32. The van der Waals surface area contributed by atoms with Gasteiger partial charge in [0.15, 0.2) is 0 Å². The van der Waals surface area contributed by atoms with Crippen molar-refractivity contribution in [3.05, 3.63) is 46.5 Å². The number of carbonyl (C=O) groups is 1. The lowest BCUT2D eigenvalue weighted by molar-refractivity contribution is 0.0703. The normalized spacial score (nSPS) is 15.4. The second kappa shape index (κ2) is 8.65. The van der Waals surface area contributed by atoms with Gasteiger partial charge in [-0.15, -0.1) is 11.3 Å². The summed E-state index contributed by atoms with van der Waals surface area (Å²) in [5, 5.41) is 14.8. The molecule has 0 radical (unpaired) electrons. The van der Waals surface area contributed by atoms with Crippen LogP contribution in [0.4, 0.5) is 0 Å². The zero-order valence-corrected chi connectivity index (χ0v) is 19.9. The summed E-state index contributed by atoms with van der Waals surface area (Å²) in [6.07, 6.45) is 0. The fourth-order valence-corrected chi connectivity index (χ4v) is 6.60. The van der Waals surface area contributed by atoms with Gasteiger partial charge in [0.1, 0.15) is 10.9 Å². The van der Waals surface area contributed by atoms with E-state index in [-0.39, 0.29) is 29.5 Å². The Balaban J connectivity index is 1.50. The van der Waals surface area contributed by atoms with Gasteiger partial charge in [-0.3, -0.25) is 9.48 Å². The second-order valence-corrected chi connectivity index (χ2v) is 11.2. The maximum atomic E-state index is 13.1. The van der Waals surface area contributed by atoms with Gasteiger partial charge >= 0.3 is 0 Å². The van der Waals surface area contributed by atoms with E-state index in [2.05, 4.69) is 18.9 Å². The first-order chi connectivity index (χ1) is 15.2. The van der Waals surface area contributed by atoms with Gasteiger partial charge < -0.3 is 4.90 Å². The average Bonchev–Trinajstić information content (AvgIpc) is 3.34. The van der Waals surface area contributed by atoms with Crippen molar-refractivity contribution < 1.29 is 13.2 Å². The number of rotatable bonds is 5. The summed E-state index contributed by atoms with van der Waals surface area (Å²) in [6, 6.07) is 10.0. The van der Waals surface area contributed by atoms with E-state index < -0.39 is 10.0 Å². The number of aryl methyl sites for hydroxylation is 1. The molecule has 0 unspecified atom stereocenters. The van der Waals surface area contributed by atoms with Crippen molar-refractivity contribution in [2.45, 2.75) is 32.2 Å². The van der Waals surface area contributed by atoms with Crippen LogP contribution in [0.25, 0.3) is 10.2 Å². The third-order valence-corrected chi connectivity index (χ3v) is 8.60. The molecule has 1 saturated heterocycles. The Morgan fingerprint density at radius 3 is 2.56 bits per heavy atom. The van der Waals surface area contributed by atoms with E-state index in [4.69, 9.17) is 0 Å². The minimum Gasteiger partial charge on any atom is -0.335 e. The van der Waals surface area contributed by atoms with Gasteiger partial charge in [-0.25, -0.2) is 8.42 Å². The van der Waals surface area contributed by atoms with E-state index in [1.54, 1.807) is 17.0 Å². The van der Waals surface area contributed by atoms with E-state index >= 15 is 0 Å². The van der Waals surface area contributed by atoms with Gasteiger partial charge in [0.05, 0.1) is 21.0 Å². The second-order valence-electron chi connectivity index (χ2n) is 8.30. The highest BCUT2D eigenvalue weighted by atomic mass is 32.2. The van der Waals surface area contributed by atoms with Gasteiger partial charge in [-0.05, 0) is 31.0 Å². The van der Waals surface area contributed by atoms with Gasteiger partial charge in [0.25, 0.3) is 5.91 Å². The first kappa shape index (κ1) is 22.5. The first-order valence-corrected chi connectivity index (χ1v) is 12.7. The van der Waals surface area contributed by atoms with Crippen molar-refractivity contribution in [3.63, 3.8) is 0 Å². The van der Waals surface area contributed by atoms with Crippen LogP contribution < -0.4 is 0 Å². The smallest absolute Gasteiger partial charge is 0.264 e. The van der Waals surface area contributed by atoms with E-state index in [1.807, 2.05) is 23.7 Å². The lowest BCUT2D eigenvalue weighted by Gasteiger charge is -2.33.